The van der Waals surface area contributed by atoms with E-state index in [4.69, 9.17) is 0 Å². The maximum absolute atomic E-state index is 13.6. The van der Waals surface area contributed by atoms with E-state index in [0.29, 0.717) is 36.3 Å². The molecule has 4 atom stereocenters. The minimum atomic E-state index is -1.54. The molecule has 3 rings (SSSR count). The molecule has 0 saturated carbocycles. The number of carboxylic acid groups (broad SMARTS) is 1. The average Bonchev–Trinajstić information content (AvgIpc) is 3.57. The van der Waals surface area contributed by atoms with Crippen molar-refractivity contribution in [1.82, 2.24) is 20.9 Å². The Labute approximate surface area is 323 Å². The van der Waals surface area contributed by atoms with Crippen LogP contribution in [0.2, 0.25) is 0 Å². The summed E-state index contributed by atoms with van der Waals surface area (Å²) in [5, 5.41) is 23.0. The van der Waals surface area contributed by atoms with Crippen LogP contribution in [0.15, 0.2) is 48.5 Å². The molecule has 284 valence electrons. The molecule has 16 heteroatoms. The molecule has 0 aromatic heterocycles. The van der Waals surface area contributed by atoms with Gasteiger partial charge in [-0.1, -0.05) is 44.2 Å². The Morgan fingerprint density at radius 3 is 2.13 bits per heavy atom. The van der Waals surface area contributed by atoms with Crippen molar-refractivity contribution >= 4 is 69.4 Å². The van der Waals surface area contributed by atoms with Gasteiger partial charge in [0.1, 0.15) is 0 Å². The Hall–Kier alpha value is -3.81. The van der Waals surface area contributed by atoms with Crippen molar-refractivity contribution in [2.45, 2.75) is 90.9 Å². The SMILES string of the molecule is Cc1ccccc1NC(=O)Nc1ccc(CC(=O)N[C@@H](CC(C)C)C(=O)N[C@@H](CC(=O)O)C(=O)N[C@H](C(=O)N2CCC[C@H]2C(=O)[I-]I)C(C)C)cc1. The van der Waals surface area contributed by atoms with Crippen LogP contribution in [0.3, 0.4) is 0 Å². The first kappa shape index (κ1) is 42.6. The molecule has 1 aliphatic heterocycles. The van der Waals surface area contributed by atoms with Gasteiger partial charge in [0.2, 0.25) is 5.91 Å². The number of benzene rings is 2. The topological polar surface area (TPSA) is 203 Å². The monoisotopic (exact) mass is 945 g/mol. The number of para-hydroxylation sites is 1. The number of aliphatic carboxylic acids is 1. The number of amides is 6. The Morgan fingerprint density at radius 1 is 0.885 bits per heavy atom. The quantitative estimate of drug-likeness (QED) is 0.0987. The van der Waals surface area contributed by atoms with Gasteiger partial charge in [-0.3, -0.25) is 4.79 Å². The summed E-state index contributed by atoms with van der Waals surface area (Å²) in [5.74, 6) is -4.30. The summed E-state index contributed by atoms with van der Waals surface area (Å²) in [6.07, 6.45) is 0.580. The largest absolute Gasteiger partial charge is 0.0565 e. The summed E-state index contributed by atoms with van der Waals surface area (Å²) in [4.78, 5) is 91.9. The summed E-state index contributed by atoms with van der Waals surface area (Å²) >= 11 is 1.30. The third kappa shape index (κ3) is 13.0. The molecule has 1 saturated heterocycles. The zero-order valence-electron chi connectivity index (χ0n) is 29.8. The van der Waals surface area contributed by atoms with Gasteiger partial charge < -0.3 is 10.6 Å². The van der Waals surface area contributed by atoms with Crippen LogP contribution in [0.5, 0.6) is 0 Å². The van der Waals surface area contributed by atoms with Crippen molar-refractivity contribution in [3.05, 3.63) is 59.7 Å². The molecule has 6 N–H and O–H groups in total. The van der Waals surface area contributed by atoms with E-state index in [1.807, 2.05) is 39.0 Å². The van der Waals surface area contributed by atoms with Crippen LogP contribution in [-0.2, 0) is 35.2 Å². The zero-order chi connectivity index (χ0) is 38.5. The van der Waals surface area contributed by atoms with Crippen LogP contribution >= 0.6 is 18.6 Å². The number of aryl methyl sites for hydroxylation is 1. The fourth-order valence-corrected chi connectivity index (χ4v) is 8.50. The second-order valence-corrected chi connectivity index (χ2v) is 17.7. The first-order valence-electron chi connectivity index (χ1n) is 17.0. The number of carbonyl (C=O) groups is 7. The van der Waals surface area contributed by atoms with E-state index in [2.05, 4.69) is 45.2 Å². The van der Waals surface area contributed by atoms with Crippen LogP contribution in [-0.4, -0.2) is 80.1 Å². The normalized spacial score (nSPS) is 15.8. The van der Waals surface area contributed by atoms with Crippen LogP contribution in [0.4, 0.5) is 16.2 Å². The summed E-state index contributed by atoms with van der Waals surface area (Å²) in [6.45, 7) is 9.43. The maximum atomic E-state index is 13.6. The second-order valence-electron chi connectivity index (χ2n) is 13.5. The van der Waals surface area contributed by atoms with Crippen LogP contribution in [0, 0.1) is 18.8 Å². The Bertz CT molecular complexity index is 1620. The van der Waals surface area contributed by atoms with Gasteiger partial charge >= 0.3 is 195 Å². The van der Waals surface area contributed by atoms with E-state index in [9.17, 15) is 38.7 Å². The van der Waals surface area contributed by atoms with E-state index < -0.39 is 89.4 Å². The van der Waals surface area contributed by atoms with Gasteiger partial charge in [0.15, 0.2) is 0 Å². The molecule has 0 radical (unpaired) electrons. The number of likely N-dealkylation sites (tertiary alicyclic amines) is 1. The smallest absolute Gasteiger partial charge is 0.0382 e. The number of anilines is 2. The molecule has 0 aliphatic carbocycles. The minimum Gasteiger partial charge on any atom is -0.0565 e. The van der Waals surface area contributed by atoms with Gasteiger partial charge in [-0.15, -0.1) is 0 Å². The minimum absolute atomic E-state index is 0.0287. The number of halogens is 2. The first-order valence-corrected chi connectivity index (χ1v) is 24.4. The molecule has 2 aromatic carbocycles. The molecule has 1 aliphatic rings. The van der Waals surface area contributed by atoms with Gasteiger partial charge in [0.25, 0.3) is 0 Å². The molecule has 0 bridgehead atoms. The molecule has 0 spiro atoms. The summed E-state index contributed by atoms with van der Waals surface area (Å²) < 4.78 is 0.0287. The number of carboxylic acids is 1. The molecule has 1 heterocycles. The van der Waals surface area contributed by atoms with E-state index in [-0.39, 0.29) is 22.5 Å². The molecule has 0 unspecified atom stereocenters. The van der Waals surface area contributed by atoms with Gasteiger partial charge in [0, 0.05) is 11.4 Å². The Morgan fingerprint density at radius 2 is 1.54 bits per heavy atom. The number of nitrogens with one attached hydrogen (secondary N) is 5. The number of hydrogen-bond acceptors (Lipinski definition) is 7. The van der Waals surface area contributed by atoms with Crippen molar-refractivity contribution in [2.24, 2.45) is 11.8 Å². The molecule has 52 heavy (non-hydrogen) atoms. The third-order valence-electron chi connectivity index (χ3n) is 8.44. The number of nitrogens with zero attached hydrogens (tertiary/aromatic N) is 1. The van der Waals surface area contributed by atoms with Crippen molar-refractivity contribution < 1.29 is 55.9 Å². The van der Waals surface area contributed by atoms with E-state index in [1.54, 1.807) is 44.2 Å². The Kier molecular flexibility index (Phi) is 16.7. The van der Waals surface area contributed by atoms with E-state index in [0.717, 1.165) is 5.56 Å². The molecule has 14 nitrogen and oxygen atoms in total. The summed E-state index contributed by atoms with van der Waals surface area (Å²) in [6, 6.07) is 9.38. The van der Waals surface area contributed by atoms with Gasteiger partial charge in [0.05, 0.1) is 6.42 Å². The number of hydrogen-bond donors (Lipinski definition) is 6. The number of carbonyl (C=O) groups excluding carboxylic acids is 6. The van der Waals surface area contributed by atoms with Gasteiger partial charge in [-0.25, -0.2) is 4.79 Å². The van der Waals surface area contributed by atoms with Crippen LogP contribution < -0.4 is 43.8 Å². The molecule has 1 fully saturated rings. The summed E-state index contributed by atoms with van der Waals surface area (Å²) in [7, 11) is 0. The van der Waals surface area contributed by atoms with Crippen molar-refractivity contribution in [3.63, 3.8) is 0 Å². The predicted octanol–water partition coefficient (Wildman–Crippen LogP) is 0.769. The number of rotatable bonds is 17. The second kappa shape index (κ2) is 20.4. The van der Waals surface area contributed by atoms with Crippen LogP contribution in [0.1, 0.15) is 64.5 Å². The first-order chi connectivity index (χ1) is 24.6. The van der Waals surface area contributed by atoms with Crippen molar-refractivity contribution in [1.29, 1.82) is 0 Å². The Balaban J connectivity index is 1.65. The van der Waals surface area contributed by atoms with Crippen LogP contribution in [0.25, 0.3) is 0 Å². The molecule has 6 amide bonds. The fraction of sp³-hybridized carbons (Fsp3) is 0.472. The molecular weight excluding hydrogens is 898 g/mol. The standard InChI is InChI=1S/C36H47I2N6O8/c1-20(2)17-26(40-29(45)18-23-12-14-24(15-13-23)39-36(52)42-25-10-7-6-9-22(25)5)33(49)41-27(19-30(46)47)34(50)43-31(21(3)4)35(51)44-16-8-11-28(44)32(48)38-37/h6-7,9-10,12-15,20-21,26-28,31H,8,11,16-19H2,1-5H3,(H,40,45)(H,41,49)(H,43,50)(H,46,47)(H2,39,42,52)/q-1/t26-,27-,28-,31-/m0/s1. The molecule has 2 aromatic rings. The average molecular weight is 946 g/mol. The van der Waals surface area contributed by atoms with E-state index in [1.165, 1.54) is 4.90 Å². The third-order valence-corrected chi connectivity index (χ3v) is 12.3. The van der Waals surface area contributed by atoms with Gasteiger partial charge in [-0.2, -0.15) is 0 Å². The van der Waals surface area contributed by atoms with Crippen molar-refractivity contribution in [3.8, 4) is 0 Å². The predicted molar refractivity (Wildman–Crippen MR) is 200 cm³/mol. The maximum Gasteiger partial charge on any atom is -0.0382 e. The zero-order valence-corrected chi connectivity index (χ0v) is 34.1. The van der Waals surface area contributed by atoms with Crippen molar-refractivity contribution in [2.75, 3.05) is 17.2 Å². The summed E-state index contributed by atoms with van der Waals surface area (Å²) in [5.41, 5.74) is 2.71. The fourth-order valence-electron chi connectivity index (χ4n) is 5.75. The number of urea groups is 1. The van der Waals surface area contributed by atoms with Gasteiger partial charge in [-0.05, 0) is 42.2 Å². The van der Waals surface area contributed by atoms with E-state index >= 15 is 0 Å². The molecular formula is C36H47I2N6O8-.